The Morgan fingerprint density at radius 1 is 1.36 bits per heavy atom. The summed E-state index contributed by atoms with van der Waals surface area (Å²) in [6.07, 6.45) is 0.466. The molecule has 0 atom stereocenters. The van der Waals surface area contributed by atoms with Crippen LogP contribution in [0.5, 0.6) is 11.5 Å². The highest BCUT2D eigenvalue weighted by atomic mass is 16.3. The van der Waals surface area contributed by atoms with Gasteiger partial charge < -0.3 is 15.3 Å². The Morgan fingerprint density at radius 2 is 2.09 bits per heavy atom. The first kappa shape index (κ1) is 7.88. The first-order chi connectivity index (χ1) is 5.24. The van der Waals surface area contributed by atoms with Gasteiger partial charge in [-0.1, -0.05) is 17.9 Å². The van der Waals surface area contributed by atoms with Crippen molar-refractivity contribution in [2.45, 2.75) is 6.42 Å². The predicted molar refractivity (Wildman–Crippen MR) is 38.3 cm³/mol. The molecule has 0 radical (unpaired) electrons. The fourth-order valence-corrected chi connectivity index (χ4v) is 0.848. The Kier molecular flexibility index (Phi) is 2.33. The number of phenolic OH excluding ortho intramolecular Hbond substituents is 1. The van der Waals surface area contributed by atoms with E-state index in [0.29, 0.717) is 6.42 Å². The lowest BCUT2D eigenvalue weighted by atomic mass is 10.1. The standard InChI is InChI=1S/C8H10O3/c9-4-3-6-1-2-7(10)8(11)5-6/h1-2,5,9-11H,3-4H2/p-1. The van der Waals surface area contributed by atoms with Gasteiger partial charge in [0, 0.05) is 6.61 Å². The summed E-state index contributed by atoms with van der Waals surface area (Å²) in [6, 6.07) is 4.26. The molecule has 0 bridgehead atoms. The van der Waals surface area contributed by atoms with Crippen LogP contribution < -0.4 is 5.11 Å². The number of hydrogen-bond donors (Lipinski definition) is 2. The summed E-state index contributed by atoms with van der Waals surface area (Å²) < 4.78 is 0. The van der Waals surface area contributed by atoms with Crippen LogP contribution >= 0.6 is 0 Å². The molecule has 0 aliphatic carbocycles. The van der Waals surface area contributed by atoms with Gasteiger partial charge in [0.1, 0.15) is 5.75 Å². The smallest absolute Gasteiger partial charge is 0.108 e. The van der Waals surface area contributed by atoms with Gasteiger partial charge in [-0.05, 0) is 18.1 Å². The molecule has 0 fully saturated rings. The molecule has 0 aromatic heterocycles. The van der Waals surface area contributed by atoms with Crippen LogP contribution in [0.3, 0.4) is 0 Å². The van der Waals surface area contributed by atoms with Crippen molar-refractivity contribution in [1.82, 2.24) is 0 Å². The third kappa shape index (κ3) is 1.85. The van der Waals surface area contributed by atoms with Crippen LogP contribution in [-0.4, -0.2) is 16.8 Å². The summed E-state index contributed by atoms with van der Waals surface area (Å²) in [5.74, 6) is -0.636. The Morgan fingerprint density at radius 3 is 2.64 bits per heavy atom. The van der Waals surface area contributed by atoms with E-state index in [1.54, 1.807) is 6.07 Å². The predicted octanol–water partition coefficient (Wildman–Crippen LogP) is 0.000600. The average molecular weight is 153 g/mol. The number of aliphatic hydroxyl groups excluding tert-OH is 1. The maximum absolute atomic E-state index is 10.7. The Labute approximate surface area is 64.5 Å². The molecular weight excluding hydrogens is 144 g/mol. The molecule has 60 valence electrons. The average Bonchev–Trinajstić information content (AvgIpc) is 1.98. The van der Waals surface area contributed by atoms with E-state index in [-0.39, 0.29) is 18.1 Å². The fraction of sp³-hybridized carbons (Fsp3) is 0.250. The van der Waals surface area contributed by atoms with Crippen LogP contribution in [0.4, 0.5) is 0 Å². The summed E-state index contributed by atoms with van der Waals surface area (Å²) in [6.45, 7) is 0.0254. The minimum Gasteiger partial charge on any atom is -0.870 e. The van der Waals surface area contributed by atoms with E-state index in [2.05, 4.69) is 0 Å². The topological polar surface area (TPSA) is 63.5 Å². The van der Waals surface area contributed by atoms with Crippen molar-refractivity contribution in [2.24, 2.45) is 0 Å². The molecule has 0 spiro atoms. The molecule has 1 rings (SSSR count). The van der Waals surface area contributed by atoms with Crippen LogP contribution in [0.25, 0.3) is 0 Å². The van der Waals surface area contributed by atoms with Gasteiger partial charge in [0.15, 0.2) is 0 Å². The summed E-state index contributed by atoms with van der Waals surface area (Å²) >= 11 is 0. The molecule has 0 saturated heterocycles. The molecule has 3 nitrogen and oxygen atoms in total. The van der Waals surface area contributed by atoms with Crippen molar-refractivity contribution >= 4 is 0 Å². The zero-order valence-electron chi connectivity index (χ0n) is 5.95. The SMILES string of the molecule is [O-]c1ccc(CCO)cc1O. The van der Waals surface area contributed by atoms with E-state index < -0.39 is 0 Å². The van der Waals surface area contributed by atoms with E-state index in [1.807, 2.05) is 0 Å². The summed E-state index contributed by atoms with van der Waals surface area (Å²) in [5.41, 5.74) is 0.768. The molecule has 1 aromatic rings. The van der Waals surface area contributed by atoms with Gasteiger partial charge in [-0.25, -0.2) is 0 Å². The second kappa shape index (κ2) is 3.25. The lowest BCUT2D eigenvalue weighted by Gasteiger charge is -2.08. The molecule has 11 heavy (non-hydrogen) atoms. The molecule has 0 unspecified atom stereocenters. The van der Waals surface area contributed by atoms with Crippen molar-refractivity contribution in [1.29, 1.82) is 0 Å². The van der Waals surface area contributed by atoms with Gasteiger partial charge in [0.2, 0.25) is 0 Å². The zero-order valence-corrected chi connectivity index (χ0v) is 5.95. The highest BCUT2D eigenvalue weighted by Crippen LogP contribution is 2.21. The van der Waals surface area contributed by atoms with Gasteiger partial charge in [-0.15, -0.1) is 0 Å². The number of rotatable bonds is 2. The third-order valence-corrected chi connectivity index (χ3v) is 1.42. The van der Waals surface area contributed by atoms with Gasteiger partial charge in [0.05, 0.1) is 0 Å². The first-order valence-electron chi connectivity index (χ1n) is 3.34. The quantitative estimate of drug-likeness (QED) is 0.628. The molecule has 2 N–H and O–H groups in total. The van der Waals surface area contributed by atoms with E-state index in [1.165, 1.54) is 12.1 Å². The van der Waals surface area contributed by atoms with Crippen LogP contribution in [0.15, 0.2) is 18.2 Å². The van der Waals surface area contributed by atoms with Gasteiger partial charge in [-0.2, -0.15) is 0 Å². The maximum Gasteiger partial charge on any atom is 0.108 e. The van der Waals surface area contributed by atoms with Crippen LogP contribution in [0, 0.1) is 0 Å². The molecule has 0 saturated carbocycles. The summed E-state index contributed by atoms with van der Waals surface area (Å²) in [4.78, 5) is 0. The number of phenols is 1. The first-order valence-corrected chi connectivity index (χ1v) is 3.34. The van der Waals surface area contributed by atoms with E-state index in [9.17, 15) is 5.11 Å². The second-order valence-electron chi connectivity index (χ2n) is 2.28. The molecule has 0 aliphatic rings. The van der Waals surface area contributed by atoms with Gasteiger partial charge in [0.25, 0.3) is 0 Å². The van der Waals surface area contributed by atoms with Crippen LogP contribution in [0.1, 0.15) is 5.56 Å². The van der Waals surface area contributed by atoms with Gasteiger partial charge >= 0.3 is 0 Å². The number of aromatic hydroxyl groups is 1. The highest BCUT2D eigenvalue weighted by molar-refractivity contribution is 5.39. The van der Waals surface area contributed by atoms with Gasteiger partial charge in [-0.3, -0.25) is 0 Å². The van der Waals surface area contributed by atoms with Crippen molar-refractivity contribution < 1.29 is 15.3 Å². The minimum absolute atomic E-state index is 0.0254. The molecule has 0 aliphatic heterocycles. The third-order valence-electron chi connectivity index (χ3n) is 1.42. The monoisotopic (exact) mass is 153 g/mol. The largest absolute Gasteiger partial charge is 0.870 e. The lowest BCUT2D eigenvalue weighted by molar-refractivity contribution is -0.270. The van der Waals surface area contributed by atoms with Crippen LogP contribution in [-0.2, 0) is 6.42 Å². The summed E-state index contributed by atoms with van der Waals surface area (Å²) in [5, 5.41) is 28.1. The molecule has 0 heterocycles. The molecule has 0 amide bonds. The zero-order chi connectivity index (χ0) is 8.27. The Balaban J connectivity index is 2.86. The van der Waals surface area contributed by atoms with Crippen molar-refractivity contribution in [3.05, 3.63) is 23.8 Å². The normalized spacial score (nSPS) is 9.91. The Hall–Kier alpha value is -1.22. The second-order valence-corrected chi connectivity index (χ2v) is 2.28. The van der Waals surface area contributed by atoms with Crippen molar-refractivity contribution in [3.8, 4) is 11.5 Å². The molecular formula is C8H9O3-. The van der Waals surface area contributed by atoms with E-state index >= 15 is 0 Å². The van der Waals surface area contributed by atoms with Crippen molar-refractivity contribution in [2.75, 3.05) is 6.61 Å². The minimum atomic E-state index is -0.383. The van der Waals surface area contributed by atoms with Crippen molar-refractivity contribution in [3.63, 3.8) is 0 Å². The maximum atomic E-state index is 10.7. The summed E-state index contributed by atoms with van der Waals surface area (Å²) in [7, 11) is 0. The Bertz CT molecular complexity index is 245. The lowest BCUT2D eigenvalue weighted by Crippen LogP contribution is -1.93. The molecule has 3 heteroatoms. The highest BCUT2D eigenvalue weighted by Gasteiger charge is 1.93. The van der Waals surface area contributed by atoms with E-state index in [0.717, 1.165) is 5.56 Å². The van der Waals surface area contributed by atoms with E-state index in [4.69, 9.17) is 10.2 Å². The number of hydrogen-bond acceptors (Lipinski definition) is 3. The number of aliphatic hydroxyl groups is 1. The molecule has 1 aromatic carbocycles. The van der Waals surface area contributed by atoms with Crippen LogP contribution in [0.2, 0.25) is 0 Å². The fourth-order valence-electron chi connectivity index (χ4n) is 0.848. The number of benzene rings is 1.